The average Bonchev–Trinajstić information content (AvgIpc) is 2.49. The van der Waals surface area contributed by atoms with Gasteiger partial charge in [-0.25, -0.2) is 0 Å². The maximum atomic E-state index is 11.2. The number of benzene rings is 1. The number of nitrogens with zero attached hydrogens (tertiary/aromatic N) is 1. The molecular formula is C12H11N3O3. The van der Waals surface area contributed by atoms with E-state index in [0.717, 1.165) is 0 Å². The minimum absolute atomic E-state index is 0.198. The minimum Gasteiger partial charge on any atom is -0.480 e. The molecule has 0 aliphatic carbocycles. The maximum Gasteiger partial charge on any atom is 0.322 e. The van der Waals surface area contributed by atoms with E-state index in [1.165, 1.54) is 12.3 Å². The Hall–Kier alpha value is -2.63. The second-order valence-corrected chi connectivity index (χ2v) is 3.72. The molecule has 6 nitrogen and oxygen atoms in total. The van der Waals surface area contributed by atoms with E-state index in [1.807, 2.05) is 6.07 Å². The summed E-state index contributed by atoms with van der Waals surface area (Å²) in [5, 5.41) is 11.9. The number of aliphatic imine (C=N–C) groups is 1. The van der Waals surface area contributed by atoms with Crippen molar-refractivity contribution in [3.05, 3.63) is 36.0 Å². The smallest absolute Gasteiger partial charge is 0.322 e. The number of allylic oxidation sites excluding steroid dienone is 1. The highest BCUT2D eigenvalue weighted by Crippen LogP contribution is 2.28. The standard InChI is InChI=1S/C12H11N3O3/c13-11(16)10(12(17)18)9-5-6-14-7-3-1-2-4-8(7)15-9/h1-6,10,15H,(H2,13,16)(H,17,18). The second-order valence-electron chi connectivity index (χ2n) is 3.72. The number of carbonyl (C=O) groups excluding carboxylic acids is 1. The van der Waals surface area contributed by atoms with Crippen molar-refractivity contribution in [1.29, 1.82) is 0 Å². The van der Waals surface area contributed by atoms with Crippen LogP contribution >= 0.6 is 0 Å². The molecule has 6 heteroatoms. The van der Waals surface area contributed by atoms with Gasteiger partial charge >= 0.3 is 5.97 Å². The van der Waals surface area contributed by atoms with E-state index in [0.29, 0.717) is 11.4 Å². The highest BCUT2D eigenvalue weighted by molar-refractivity contribution is 6.01. The summed E-state index contributed by atoms with van der Waals surface area (Å²) in [7, 11) is 0. The van der Waals surface area contributed by atoms with Crippen LogP contribution in [-0.4, -0.2) is 23.2 Å². The summed E-state index contributed by atoms with van der Waals surface area (Å²) >= 11 is 0. The molecule has 4 N–H and O–H groups in total. The quantitative estimate of drug-likeness (QED) is 0.687. The van der Waals surface area contributed by atoms with Crippen molar-refractivity contribution in [3.8, 4) is 0 Å². The number of para-hydroxylation sites is 2. The van der Waals surface area contributed by atoms with Crippen LogP contribution in [0.2, 0.25) is 0 Å². The van der Waals surface area contributed by atoms with Gasteiger partial charge in [0.1, 0.15) is 0 Å². The van der Waals surface area contributed by atoms with Crippen LogP contribution in [0.5, 0.6) is 0 Å². The van der Waals surface area contributed by atoms with Gasteiger partial charge < -0.3 is 16.2 Å². The van der Waals surface area contributed by atoms with E-state index < -0.39 is 17.8 Å². The summed E-state index contributed by atoms with van der Waals surface area (Å²) in [5.41, 5.74) is 6.59. The van der Waals surface area contributed by atoms with Gasteiger partial charge in [0.2, 0.25) is 5.91 Å². The van der Waals surface area contributed by atoms with Gasteiger partial charge in [0, 0.05) is 11.9 Å². The molecule has 1 aromatic rings. The van der Waals surface area contributed by atoms with Crippen molar-refractivity contribution < 1.29 is 14.7 Å². The third kappa shape index (κ3) is 2.22. The van der Waals surface area contributed by atoms with Crippen molar-refractivity contribution >= 4 is 29.5 Å². The number of primary amides is 1. The molecule has 1 unspecified atom stereocenters. The third-order valence-electron chi connectivity index (χ3n) is 2.49. The van der Waals surface area contributed by atoms with Gasteiger partial charge in [-0.1, -0.05) is 12.1 Å². The van der Waals surface area contributed by atoms with Gasteiger partial charge in [-0.2, -0.15) is 0 Å². The number of hydrogen-bond donors (Lipinski definition) is 3. The van der Waals surface area contributed by atoms with E-state index in [1.54, 1.807) is 18.2 Å². The van der Waals surface area contributed by atoms with Crippen LogP contribution in [0.1, 0.15) is 0 Å². The monoisotopic (exact) mass is 245 g/mol. The molecule has 1 aliphatic heterocycles. The van der Waals surface area contributed by atoms with Crippen LogP contribution in [0.3, 0.4) is 0 Å². The van der Waals surface area contributed by atoms with Crippen molar-refractivity contribution in [2.24, 2.45) is 16.6 Å². The topological polar surface area (TPSA) is 105 Å². The highest BCUT2D eigenvalue weighted by atomic mass is 16.4. The van der Waals surface area contributed by atoms with E-state index in [-0.39, 0.29) is 5.70 Å². The Morgan fingerprint density at radius 2 is 2.06 bits per heavy atom. The molecule has 0 fully saturated rings. The first-order valence-corrected chi connectivity index (χ1v) is 5.22. The van der Waals surface area contributed by atoms with Crippen molar-refractivity contribution in [1.82, 2.24) is 0 Å². The van der Waals surface area contributed by atoms with Crippen LogP contribution < -0.4 is 11.1 Å². The molecule has 0 saturated heterocycles. The third-order valence-corrected chi connectivity index (χ3v) is 2.49. The number of fused-ring (bicyclic) bond motifs is 1. The number of aliphatic carboxylic acids is 1. The molecule has 18 heavy (non-hydrogen) atoms. The molecule has 0 aromatic heterocycles. The predicted molar refractivity (Wildman–Crippen MR) is 66.6 cm³/mol. The van der Waals surface area contributed by atoms with Crippen LogP contribution in [0.4, 0.5) is 11.4 Å². The van der Waals surface area contributed by atoms with E-state index in [4.69, 9.17) is 10.8 Å². The van der Waals surface area contributed by atoms with Crippen LogP contribution in [0.25, 0.3) is 0 Å². The average molecular weight is 245 g/mol. The van der Waals surface area contributed by atoms with E-state index in [2.05, 4.69) is 10.3 Å². The van der Waals surface area contributed by atoms with Gasteiger partial charge in [0.25, 0.3) is 0 Å². The summed E-state index contributed by atoms with van der Waals surface area (Å²) in [6.07, 6.45) is 2.87. The van der Waals surface area contributed by atoms with Gasteiger partial charge in [0.15, 0.2) is 5.92 Å². The number of carboxylic acid groups (broad SMARTS) is 1. The zero-order valence-corrected chi connectivity index (χ0v) is 9.33. The Balaban J connectivity index is 2.38. The summed E-state index contributed by atoms with van der Waals surface area (Å²) in [4.78, 5) is 26.3. The molecular weight excluding hydrogens is 234 g/mol. The Morgan fingerprint density at radius 1 is 1.33 bits per heavy atom. The zero-order chi connectivity index (χ0) is 13.1. The number of nitrogens with one attached hydrogen (secondary N) is 1. The lowest BCUT2D eigenvalue weighted by atomic mass is 10.0. The van der Waals surface area contributed by atoms with Gasteiger partial charge in [-0.05, 0) is 18.2 Å². The Bertz CT molecular complexity index is 549. The number of carboxylic acids is 1. The molecule has 0 spiro atoms. The predicted octanol–water partition coefficient (Wildman–Crippen LogP) is 0.884. The molecule has 1 amide bonds. The molecule has 0 radical (unpaired) electrons. The molecule has 2 rings (SSSR count). The Kier molecular flexibility index (Phi) is 3.09. The molecule has 0 saturated carbocycles. The van der Waals surface area contributed by atoms with Gasteiger partial charge in [-0.15, -0.1) is 0 Å². The number of hydrogen-bond acceptors (Lipinski definition) is 4. The number of amides is 1. The number of anilines is 1. The van der Waals surface area contributed by atoms with Crippen molar-refractivity contribution in [2.45, 2.75) is 0 Å². The number of nitrogens with two attached hydrogens (primary N) is 1. The first-order chi connectivity index (χ1) is 8.59. The molecule has 1 aromatic carbocycles. The number of rotatable bonds is 3. The molecule has 1 atom stereocenters. The molecule has 1 heterocycles. The minimum atomic E-state index is -1.41. The lowest BCUT2D eigenvalue weighted by Gasteiger charge is -2.15. The summed E-state index contributed by atoms with van der Waals surface area (Å²) < 4.78 is 0. The summed E-state index contributed by atoms with van der Waals surface area (Å²) in [6, 6.07) is 7.11. The first kappa shape index (κ1) is 11.8. The highest BCUT2D eigenvalue weighted by Gasteiger charge is 2.29. The van der Waals surface area contributed by atoms with Crippen molar-refractivity contribution in [2.75, 3.05) is 5.32 Å². The maximum absolute atomic E-state index is 11.2. The van der Waals surface area contributed by atoms with Gasteiger partial charge in [-0.3, -0.25) is 14.6 Å². The zero-order valence-electron chi connectivity index (χ0n) is 9.33. The fourth-order valence-electron chi connectivity index (χ4n) is 1.66. The second kappa shape index (κ2) is 4.70. The SMILES string of the molecule is NC(=O)C(C(=O)O)C1=CC=Nc2ccccc2N1. The first-order valence-electron chi connectivity index (χ1n) is 5.22. The summed E-state index contributed by atoms with van der Waals surface area (Å²) in [5.74, 6) is -3.63. The molecule has 0 bridgehead atoms. The summed E-state index contributed by atoms with van der Waals surface area (Å²) in [6.45, 7) is 0. The Morgan fingerprint density at radius 3 is 2.72 bits per heavy atom. The Labute approximate surface area is 103 Å². The number of carbonyl (C=O) groups is 2. The van der Waals surface area contributed by atoms with Crippen molar-refractivity contribution in [3.63, 3.8) is 0 Å². The fourth-order valence-corrected chi connectivity index (χ4v) is 1.66. The van der Waals surface area contributed by atoms with Crippen LogP contribution in [-0.2, 0) is 9.59 Å². The largest absolute Gasteiger partial charge is 0.480 e. The lowest BCUT2D eigenvalue weighted by molar-refractivity contribution is -0.144. The van der Waals surface area contributed by atoms with Crippen LogP contribution in [0.15, 0.2) is 41.0 Å². The van der Waals surface area contributed by atoms with E-state index >= 15 is 0 Å². The fraction of sp³-hybridized carbons (Fsp3) is 0.0833. The molecule has 92 valence electrons. The normalized spacial score (nSPS) is 14.8. The van der Waals surface area contributed by atoms with Crippen LogP contribution in [0, 0.1) is 5.92 Å². The molecule has 1 aliphatic rings. The lowest BCUT2D eigenvalue weighted by Crippen LogP contribution is -2.34. The van der Waals surface area contributed by atoms with Gasteiger partial charge in [0.05, 0.1) is 11.4 Å². The van der Waals surface area contributed by atoms with E-state index in [9.17, 15) is 9.59 Å².